The second-order valence-electron chi connectivity index (χ2n) is 7.42. The molecule has 2 aromatic rings. The van der Waals surface area contributed by atoms with Gasteiger partial charge in [0.1, 0.15) is 5.75 Å². The number of hydrogen-bond acceptors (Lipinski definition) is 5. The Hall–Kier alpha value is -1.69. The summed E-state index contributed by atoms with van der Waals surface area (Å²) >= 11 is 1.82. The monoisotopic (exact) mass is 372 g/mol. The van der Waals surface area contributed by atoms with Crippen LogP contribution >= 0.6 is 11.8 Å². The van der Waals surface area contributed by atoms with Crippen LogP contribution in [0.5, 0.6) is 5.75 Å². The van der Waals surface area contributed by atoms with Crippen LogP contribution in [0, 0.1) is 5.92 Å². The predicted molar refractivity (Wildman–Crippen MR) is 106 cm³/mol. The lowest BCUT2D eigenvalue weighted by Crippen LogP contribution is -2.34. The third-order valence-electron chi connectivity index (χ3n) is 5.16. The molecule has 2 fully saturated rings. The molecule has 6 heteroatoms. The van der Waals surface area contributed by atoms with Crippen LogP contribution in [0.25, 0.3) is 0 Å². The van der Waals surface area contributed by atoms with Crippen molar-refractivity contribution in [2.45, 2.75) is 50.2 Å². The van der Waals surface area contributed by atoms with Crippen molar-refractivity contribution >= 4 is 17.7 Å². The van der Waals surface area contributed by atoms with E-state index in [0.29, 0.717) is 6.04 Å². The number of rotatable bonds is 8. The molecule has 0 radical (unpaired) electrons. The molecule has 1 saturated carbocycles. The molecule has 1 aromatic heterocycles. The first kappa shape index (κ1) is 17.7. The number of thioether (sulfide) groups is 1. The molecule has 0 atom stereocenters. The number of nitrogens with zero attached hydrogens (tertiary/aromatic N) is 4. The van der Waals surface area contributed by atoms with Gasteiger partial charge in [0.15, 0.2) is 5.16 Å². The number of para-hydroxylation sites is 1. The molecular weight excluding hydrogens is 344 g/mol. The maximum Gasteiger partial charge on any atom is 0.228 e. The van der Waals surface area contributed by atoms with Crippen LogP contribution in [0.3, 0.4) is 0 Å². The predicted octanol–water partition coefficient (Wildman–Crippen LogP) is 4.41. The second-order valence-corrected chi connectivity index (χ2v) is 8.48. The molecule has 0 amide bonds. The lowest BCUT2D eigenvalue weighted by molar-refractivity contribution is 0.318. The fourth-order valence-electron chi connectivity index (χ4n) is 3.37. The molecule has 0 N–H and O–H groups in total. The third kappa shape index (κ3) is 4.34. The molecule has 2 aliphatic rings. The van der Waals surface area contributed by atoms with Crippen LogP contribution in [-0.2, 0) is 0 Å². The van der Waals surface area contributed by atoms with Crippen LogP contribution in [0.4, 0.5) is 5.95 Å². The maximum atomic E-state index is 5.78. The van der Waals surface area contributed by atoms with Crippen LogP contribution < -0.4 is 9.64 Å². The van der Waals surface area contributed by atoms with Gasteiger partial charge in [-0.1, -0.05) is 36.9 Å². The Morgan fingerprint density at radius 2 is 1.85 bits per heavy atom. The zero-order chi connectivity index (χ0) is 17.8. The summed E-state index contributed by atoms with van der Waals surface area (Å²) < 4.78 is 8.18. The van der Waals surface area contributed by atoms with Crippen molar-refractivity contribution in [2.24, 2.45) is 5.92 Å². The molecule has 2 heterocycles. The normalized spacial score (nSPS) is 18.3. The van der Waals surface area contributed by atoms with Gasteiger partial charge in [-0.25, -0.2) is 0 Å². The zero-order valence-electron chi connectivity index (χ0n) is 15.5. The van der Waals surface area contributed by atoms with Crippen molar-refractivity contribution in [3.05, 3.63) is 30.3 Å². The number of anilines is 1. The van der Waals surface area contributed by atoms with E-state index in [2.05, 4.69) is 26.6 Å². The highest BCUT2D eigenvalue weighted by atomic mass is 32.2. The first-order chi connectivity index (χ1) is 12.8. The quantitative estimate of drug-likeness (QED) is 0.507. The van der Waals surface area contributed by atoms with E-state index in [4.69, 9.17) is 4.74 Å². The number of piperidine rings is 1. The lowest BCUT2D eigenvalue weighted by Gasteiger charge is -2.31. The van der Waals surface area contributed by atoms with Crippen LogP contribution in [-0.4, -0.2) is 40.2 Å². The van der Waals surface area contributed by atoms with Gasteiger partial charge in [-0.3, -0.25) is 4.57 Å². The first-order valence-corrected chi connectivity index (χ1v) is 10.8. The van der Waals surface area contributed by atoms with Gasteiger partial charge in [-0.15, -0.1) is 10.2 Å². The average molecular weight is 373 g/mol. The number of benzene rings is 1. The highest BCUT2D eigenvalue weighted by Crippen LogP contribution is 2.41. The summed E-state index contributed by atoms with van der Waals surface area (Å²) in [5.74, 6) is 3.89. The maximum absolute atomic E-state index is 5.78. The zero-order valence-corrected chi connectivity index (χ0v) is 16.3. The van der Waals surface area contributed by atoms with E-state index < -0.39 is 0 Å². The SMILES string of the molecule is CC1CCN(c2nnc(SCCCOc3ccccc3)n2C2CC2)CC1. The average Bonchev–Trinajstić information content (AvgIpc) is 3.43. The minimum Gasteiger partial charge on any atom is -0.494 e. The molecule has 1 aromatic carbocycles. The lowest BCUT2D eigenvalue weighted by atomic mass is 10.00. The van der Waals surface area contributed by atoms with E-state index in [1.165, 1.54) is 25.7 Å². The van der Waals surface area contributed by atoms with Gasteiger partial charge in [0.2, 0.25) is 5.95 Å². The minimum atomic E-state index is 0.613. The number of ether oxygens (including phenoxy) is 1. The molecule has 1 aliphatic heterocycles. The molecule has 26 heavy (non-hydrogen) atoms. The molecule has 0 unspecified atom stereocenters. The summed E-state index contributed by atoms with van der Waals surface area (Å²) in [4.78, 5) is 2.44. The van der Waals surface area contributed by atoms with Crippen LogP contribution in [0.15, 0.2) is 35.5 Å². The summed E-state index contributed by atoms with van der Waals surface area (Å²) in [5, 5.41) is 10.2. The third-order valence-corrected chi connectivity index (χ3v) is 6.19. The highest BCUT2D eigenvalue weighted by Gasteiger charge is 2.32. The van der Waals surface area contributed by atoms with Gasteiger partial charge in [-0.05, 0) is 50.2 Å². The van der Waals surface area contributed by atoms with E-state index >= 15 is 0 Å². The van der Waals surface area contributed by atoms with Gasteiger partial charge in [-0.2, -0.15) is 0 Å². The van der Waals surface area contributed by atoms with E-state index in [0.717, 1.165) is 54.6 Å². The van der Waals surface area contributed by atoms with Crippen molar-refractivity contribution in [2.75, 3.05) is 30.3 Å². The Morgan fingerprint density at radius 1 is 1.08 bits per heavy atom. The Kier molecular flexibility index (Phi) is 5.68. The first-order valence-electron chi connectivity index (χ1n) is 9.82. The summed E-state index contributed by atoms with van der Waals surface area (Å²) in [6, 6.07) is 10.6. The standard InChI is InChI=1S/C20H28N4OS/c1-16-10-12-23(13-11-16)19-21-22-20(24(19)17-8-9-17)26-15-5-14-25-18-6-3-2-4-7-18/h2-4,6-7,16-17H,5,8-15H2,1H3. The Labute approximate surface area is 160 Å². The van der Waals surface area contributed by atoms with Gasteiger partial charge >= 0.3 is 0 Å². The summed E-state index contributed by atoms with van der Waals surface area (Å²) in [5.41, 5.74) is 0. The van der Waals surface area contributed by atoms with E-state index in [-0.39, 0.29) is 0 Å². The summed E-state index contributed by atoms with van der Waals surface area (Å²) in [6.45, 7) is 5.32. The van der Waals surface area contributed by atoms with Gasteiger partial charge in [0, 0.05) is 24.9 Å². The van der Waals surface area contributed by atoms with Gasteiger partial charge < -0.3 is 9.64 Å². The molecule has 4 rings (SSSR count). The smallest absolute Gasteiger partial charge is 0.228 e. The van der Waals surface area contributed by atoms with E-state index in [1.807, 2.05) is 42.1 Å². The molecule has 0 spiro atoms. The van der Waals surface area contributed by atoms with Gasteiger partial charge in [0.25, 0.3) is 0 Å². The van der Waals surface area contributed by atoms with Crippen molar-refractivity contribution in [3.63, 3.8) is 0 Å². The van der Waals surface area contributed by atoms with Crippen LogP contribution in [0.1, 0.15) is 45.1 Å². The number of aromatic nitrogens is 3. The summed E-state index contributed by atoms with van der Waals surface area (Å²) in [7, 11) is 0. The second kappa shape index (κ2) is 8.33. The summed E-state index contributed by atoms with van der Waals surface area (Å²) in [6.07, 6.45) is 6.06. The fraction of sp³-hybridized carbons (Fsp3) is 0.600. The van der Waals surface area contributed by atoms with E-state index in [1.54, 1.807) is 0 Å². The topological polar surface area (TPSA) is 43.2 Å². The largest absolute Gasteiger partial charge is 0.494 e. The van der Waals surface area contributed by atoms with Gasteiger partial charge in [0.05, 0.1) is 6.61 Å². The van der Waals surface area contributed by atoms with Crippen molar-refractivity contribution in [3.8, 4) is 5.75 Å². The van der Waals surface area contributed by atoms with Crippen molar-refractivity contribution < 1.29 is 4.74 Å². The Morgan fingerprint density at radius 3 is 2.58 bits per heavy atom. The molecular formula is C20H28N4OS. The molecule has 5 nitrogen and oxygen atoms in total. The minimum absolute atomic E-state index is 0.613. The molecule has 1 aliphatic carbocycles. The van der Waals surface area contributed by atoms with Crippen LogP contribution in [0.2, 0.25) is 0 Å². The fourth-order valence-corrected chi connectivity index (χ4v) is 4.29. The van der Waals surface area contributed by atoms with E-state index in [9.17, 15) is 0 Å². The van der Waals surface area contributed by atoms with Crippen molar-refractivity contribution in [1.29, 1.82) is 0 Å². The Balaban J connectivity index is 1.31. The molecule has 140 valence electrons. The number of hydrogen-bond donors (Lipinski definition) is 0. The Bertz CT molecular complexity index is 693. The van der Waals surface area contributed by atoms with Crippen molar-refractivity contribution in [1.82, 2.24) is 14.8 Å². The molecule has 1 saturated heterocycles. The highest BCUT2D eigenvalue weighted by molar-refractivity contribution is 7.99. The molecule has 0 bridgehead atoms.